The van der Waals surface area contributed by atoms with Gasteiger partial charge in [-0.3, -0.25) is 0 Å². The summed E-state index contributed by atoms with van der Waals surface area (Å²) in [5.41, 5.74) is 11.4. The maximum absolute atomic E-state index is 6.23. The van der Waals surface area contributed by atoms with Crippen molar-refractivity contribution in [1.29, 1.82) is 0 Å². The van der Waals surface area contributed by atoms with Gasteiger partial charge >= 0.3 is 0 Å². The van der Waals surface area contributed by atoms with Gasteiger partial charge in [-0.05, 0) is 35.7 Å². The van der Waals surface area contributed by atoms with Crippen LogP contribution in [-0.2, 0) is 24.3 Å². The number of rotatable bonds is 3. The molecule has 0 saturated heterocycles. The smallest absolute Gasteiger partial charge is 0.152 e. The Hall–Kier alpha value is -3.12. The Bertz CT molecular complexity index is 1150. The summed E-state index contributed by atoms with van der Waals surface area (Å²) in [7, 11) is 1.68. The van der Waals surface area contributed by atoms with E-state index in [4.69, 9.17) is 20.2 Å². The Morgan fingerprint density at radius 2 is 2.00 bits per heavy atom. The van der Waals surface area contributed by atoms with E-state index in [1.807, 2.05) is 24.3 Å². The molecule has 6 nitrogen and oxygen atoms in total. The SMILES string of the molecule is COc1ccc(Cc2cccc3nc(N)c4nc5n(c4c23)CCOC5)cc1. The van der Waals surface area contributed by atoms with Crippen molar-refractivity contribution >= 4 is 27.8 Å². The van der Waals surface area contributed by atoms with E-state index in [2.05, 4.69) is 27.8 Å². The summed E-state index contributed by atoms with van der Waals surface area (Å²) >= 11 is 0. The third kappa shape index (κ3) is 2.61. The fourth-order valence-corrected chi connectivity index (χ4v) is 3.85. The number of ether oxygens (including phenoxy) is 2. The van der Waals surface area contributed by atoms with Crippen LogP contribution in [0, 0.1) is 0 Å². The molecule has 4 aromatic rings. The minimum atomic E-state index is 0.473. The van der Waals surface area contributed by atoms with Gasteiger partial charge in [-0.15, -0.1) is 0 Å². The van der Waals surface area contributed by atoms with Gasteiger partial charge in [-0.1, -0.05) is 24.3 Å². The largest absolute Gasteiger partial charge is 0.497 e. The van der Waals surface area contributed by atoms with Crippen molar-refractivity contribution in [3.05, 3.63) is 59.4 Å². The monoisotopic (exact) mass is 360 g/mol. The predicted molar refractivity (Wildman–Crippen MR) is 105 cm³/mol. The molecule has 0 amide bonds. The fourth-order valence-electron chi connectivity index (χ4n) is 3.85. The van der Waals surface area contributed by atoms with E-state index >= 15 is 0 Å². The summed E-state index contributed by atoms with van der Waals surface area (Å²) in [5.74, 6) is 2.25. The summed E-state index contributed by atoms with van der Waals surface area (Å²) in [6.07, 6.45) is 0.805. The third-order valence-electron chi connectivity index (χ3n) is 5.14. The molecule has 6 heteroatoms. The first-order chi connectivity index (χ1) is 13.2. The summed E-state index contributed by atoms with van der Waals surface area (Å²) in [6.45, 7) is 1.97. The van der Waals surface area contributed by atoms with E-state index < -0.39 is 0 Å². The van der Waals surface area contributed by atoms with Gasteiger partial charge in [-0.25, -0.2) is 9.97 Å². The van der Waals surface area contributed by atoms with Crippen molar-refractivity contribution in [2.45, 2.75) is 19.6 Å². The number of nitrogens with zero attached hydrogens (tertiary/aromatic N) is 3. The lowest BCUT2D eigenvalue weighted by atomic mass is 9.99. The maximum atomic E-state index is 6.23. The van der Waals surface area contributed by atoms with E-state index in [1.165, 1.54) is 11.1 Å². The van der Waals surface area contributed by atoms with Crippen LogP contribution in [0.2, 0.25) is 0 Å². The van der Waals surface area contributed by atoms with Crippen LogP contribution in [0.4, 0.5) is 5.82 Å². The first-order valence-electron chi connectivity index (χ1n) is 9.01. The molecule has 0 fully saturated rings. The van der Waals surface area contributed by atoms with Crippen LogP contribution in [0.25, 0.3) is 21.9 Å². The summed E-state index contributed by atoms with van der Waals surface area (Å²) in [4.78, 5) is 9.33. The average molecular weight is 360 g/mol. The highest BCUT2D eigenvalue weighted by atomic mass is 16.5. The first-order valence-corrected chi connectivity index (χ1v) is 9.01. The number of anilines is 1. The molecule has 0 aliphatic carbocycles. The molecule has 0 unspecified atom stereocenters. The number of benzene rings is 2. The molecule has 2 aromatic carbocycles. The molecule has 0 spiro atoms. The number of pyridine rings is 1. The van der Waals surface area contributed by atoms with Crippen LogP contribution >= 0.6 is 0 Å². The Morgan fingerprint density at radius 1 is 1.15 bits per heavy atom. The number of hydrogen-bond donors (Lipinski definition) is 1. The first kappa shape index (κ1) is 16.1. The van der Waals surface area contributed by atoms with Gasteiger partial charge in [0.15, 0.2) is 5.82 Å². The van der Waals surface area contributed by atoms with Gasteiger partial charge in [0.05, 0.1) is 24.8 Å². The highest BCUT2D eigenvalue weighted by molar-refractivity contribution is 6.08. The second kappa shape index (κ2) is 6.25. The number of nitrogen functional groups attached to an aromatic ring is 1. The minimum Gasteiger partial charge on any atom is -0.497 e. The third-order valence-corrected chi connectivity index (χ3v) is 5.14. The normalized spacial score (nSPS) is 13.8. The van der Waals surface area contributed by atoms with E-state index in [0.717, 1.165) is 46.5 Å². The zero-order chi connectivity index (χ0) is 18.4. The van der Waals surface area contributed by atoms with Crippen molar-refractivity contribution in [1.82, 2.24) is 14.5 Å². The number of fused-ring (bicyclic) bond motifs is 5. The van der Waals surface area contributed by atoms with Crippen LogP contribution in [0.3, 0.4) is 0 Å². The second-order valence-corrected chi connectivity index (χ2v) is 6.76. The lowest BCUT2D eigenvalue weighted by molar-refractivity contribution is 0.0831. The van der Waals surface area contributed by atoms with Crippen LogP contribution in [-0.4, -0.2) is 28.3 Å². The standard InChI is InChI=1S/C21H20N4O2/c1-26-15-7-5-13(6-8-15)11-14-3-2-4-16-18(14)20-19(21(22)23-16)24-17-12-27-10-9-25(17)20/h2-8H,9-12H2,1H3,(H2,22,23). The highest BCUT2D eigenvalue weighted by Crippen LogP contribution is 2.33. The number of imidazole rings is 1. The van der Waals surface area contributed by atoms with E-state index in [-0.39, 0.29) is 0 Å². The van der Waals surface area contributed by atoms with E-state index in [1.54, 1.807) is 7.11 Å². The molecule has 2 aromatic heterocycles. The van der Waals surface area contributed by atoms with Crippen molar-refractivity contribution in [3.63, 3.8) is 0 Å². The van der Waals surface area contributed by atoms with Crippen LogP contribution in [0.5, 0.6) is 5.75 Å². The molecule has 0 saturated carbocycles. The molecule has 1 aliphatic heterocycles. The molecule has 136 valence electrons. The average Bonchev–Trinajstić information content (AvgIpc) is 3.09. The molecule has 2 N–H and O–H groups in total. The van der Waals surface area contributed by atoms with Crippen LogP contribution in [0.15, 0.2) is 42.5 Å². The van der Waals surface area contributed by atoms with Gasteiger partial charge in [-0.2, -0.15) is 0 Å². The molecular weight excluding hydrogens is 340 g/mol. The number of hydrogen-bond acceptors (Lipinski definition) is 5. The summed E-state index contributed by atoms with van der Waals surface area (Å²) in [5, 5.41) is 1.12. The Labute approximate surface area is 156 Å². The lowest BCUT2D eigenvalue weighted by Crippen LogP contribution is -2.16. The molecule has 3 heterocycles. The number of methoxy groups -OCH3 is 1. The second-order valence-electron chi connectivity index (χ2n) is 6.76. The Balaban J connectivity index is 1.73. The molecule has 27 heavy (non-hydrogen) atoms. The predicted octanol–water partition coefficient (Wildman–Crippen LogP) is 3.30. The van der Waals surface area contributed by atoms with E-state index in [0.29, 0.717) is 19.0 Å². The fraction of sp³-hybridized carbons (Fsp3) is 0.238. The van der Waals surface area contributed by atoms with Gasteiger partial charge < -0.3 is 19.8 Å². The highest BCUT2D eigenvalue weighted by Gasteiger charge is 2.21. The number of aromatic nitrogens is 3. The van der Waals surface area contributed by atoms with Gasteiger partial charge in [0, 0.05) is 11.9 Å². The lowest BCUT2D eigenvalue weighted by Gasteiger charge is -2.16. The minimum absolute atomic E-state index is 0.473. The maximum Gasteiger partial charge on any atom is 0.152 e. The van der Waals surface area contributed by atoms with E-state index in [9.17, 15) is 0 Å². The molecule has 1 aliphatic rings. The molecule has 0 radical (unpaired) electrons. The Kier molecular flexibility index (Phi) is 3.72. The molecule has 0 bridgehead atoms. The topological polar surface area (TPSA) is 75.2 Å². The van der Waals surface area contributed by atoms with Crippen LogP contribution in [0.1, 0.15) is 17.0 Å². The van der Waals surface area contributed by atoms with Crippen molar-refractivity contribution in [2.24, 2.45) is 0 Å². The van der Waals surface area contributed by atoms with Gasteiger partial charge in [0.1, 0.15) is 23.7 Å². The molecular formula is C21H20N4O2. The molecule has 5 rings (SSSR count). The van der Waals surface area contributed by atoms with Crippen LogP contribution < -0.4 is 10.5 Å². The van der Waals surface area contributed by atoms with Crippen molar-refractivity contribution in [3.8, 4) is 5.75 Å². The van der Waals surface area contributed by atoms with Gasteiger partial charge in [0.25, 0.3) is 0 Å². The van der Waals surface area contributed by atoms with Crippen molar-refractivity contribution < 1.29 is 9.47 Å². The summed E-state index contributed by atoms with van der Waals surface area (Å²) in [6, 6.07) is 14.4. The summed E-state index contributed by atoms with van der Waals surface area (Å²) < 4.78 is 13.1. The van der Waals surface area contributed by atoms with Crippen molar-refractivity contribution in [2.75, 3.05) is 19.5 Å². The number of nitrogens with two attached hydrogens (primary N) is 1. The zero-order valence-corrected chi connectivity index (χ0v) is 15.1. The zero-order valence-electron chi connectivity index (χ0n) is 15.1. The van der Waals surface area contributed by atoms with Gasteiger partial charge in [0.2, 0.25) is 0 Å². The quantitative estimate of drug-likeness (QED) is 0.607. The molecule has 0 atom stereocenters. The Morgan fingerprint density at radius 3 is 2.81 bits per heavy atom.